The van der Waals surface area contributed by atoms with Gasteiger partial charge in [-0.2, -0.15) is 0 Å². The maximum absolute atomic E-state index is 13.4. The number of hydrogen-bond acceptors (Lipinski definition) is 3. The number of fused-ring (bicyclic) bond motifs is 1. The number of carbonyl (C=O) groups is 1. The molecule has 0 aliphatic carbocycles. The molecule has 1 aliphatic heterocycles. The standard InChI is InChI=1S/C25H21ClO3/c1-3-28-20-11-5-17(6-12-20)15-22-24(27)21-13-4-16(2)14-23(21)29-25(22)18-7-9-19(26)10-8-18/h4-15,25H,3H2,1-2H3/b22-15-. The Kier molecular flexibility index (Phi) is 5.41. The van der Waals surface area contributed by atoms with Gasteiger partial charge in [0.05, 0.1) is 12.2 Å². The van der Waals surface area contributed by atoms with E-state index >= 15 is 0 Å². The molecule has 0 saturated carbocycles. The van der Waals surface area contributed by atoms with Crippen LogP contribution in [0.3, 0.4) is 0 Å². The predicted octanol–water partition coefficient (Wildman–Crippen LogP) is 6.45. The summed E-state index contributed by atoms with van der Waals surface area (Å²) < 4.78 is 11.8. The van der Waals surface area contributed by atoms with Crippen molar-refractivity contribution >= 4 is 23.5 Å². The van der Waals surface area contributed by atoms with E-state index in [4.69, 9.17) is 21.1 Å². The second kappa shape index (κ2) is 8.14. The van der Waals surface area contributed by atoms with E-state index in [0.29, 0.717) is 28.5 Å². The zero-order chi connectivity index (χ0) is 20.4. The van der Waals surface area contributed by atoms with Gasteiger partial charge in [0.1, 0.15) is 11.5 Å². The quantitative estimate of drug-likeness (QED) is 0.469. The van der Waals surface area contributed by atoms with Crippen LogP contribution in [-0.2, 0) is 0 Å². The summed E-state index contributed by atoms with van der Waals surface area (Å²) in [6.07, 6.45) is 1.39. The van der Waals surface area contributed by atoms with Gasteiger partial charge in [0, 0.05) is 10.6 Å². The van der Waals surface area contributed by atoms with E-state index in [1.165, 1.54) is 0 Å². The number of ether oxygens (including phenoxy) is 2. The van der Waals surface area contributed by atoms with Crippen LogP contribution in [0, 0.1) is 6.92 Å². The fraction of sp³-hybridized carbons (Fsp3) is 0.160. The van der Waals surface area contributed by atoms with Gasteiger partial charge in [-0.05, 0) is 73.0 Å². The van der Waals surface area contributed by atoms with Crippen LogP contribution in [-0.4, -0.2) is 12.4 Å². The SMILES string of the molecule is CCOc1ccc(/C=C2/C(=O)c3ccc(C)cc3OC2c2ccc(Cl)cc2)cc1. The molecule has 1 unspecified atom stereocenters. The first-order valence-corrected chi connectivity index (χ1v) is 9.95. The molecule has 0 amide bonds. The second-order valence-corrected chi connectivity index (χ2v) is 7.42. The van der Waals surface area contributed by atoms with Crippen molar-refractivity contribution in [2.45, 2.75) is 20.0 Å². The Hall–Kier alpha value is -3.04. The van der Waals surface area contributed by atoms with Crippen LogP contribution in [0.15, 0.2) is 72.3 Å². The van der Waals surface area contributed by atoms with Gasteiger partial charge < -0.3 is 9.47 Å². The fourth-order valence-electron chi connectivity index (χ4n) is 3.41. The number of benzene rings is 3. The molecule has 0 radical (unpaired) electrons. The lowest BCUT2D eigenvalue weighted by Gasteiger charge is -2.28. The highest BCUT2D eigenvalue weighted by atomic mass is 35.5. The van der Waals surface area contributed by atoms with Crippen molar-refractivity contribution < 1.29 is 14.3 Å². The second-order valence-electron chi connectivity index (χ2n) is 6.98. The molecule has 1 heterocycles. The van der Waals surface area contributed by atoms with Crippen molar-refractivity contribution in [3.63, 3.8) is 0 Å². The van der Waals surface area contributed by atoms with Gasteiger partial charge in [-0.1, -0.05) is 41.9 Å². The van der Waals surface area contributed by atoms with Crippen molar-refractivity contribution in [3.05, 3.63) is 99.6 Å². The van der Waals surface area contributed by atoms with E-state index in [9.17, 15) is 4.79 Å². The molecule has 0 saturated heterocycles. The number of aryl methyl sites for hydroxylation is 1. The normalized spacial score (nSPS) is 17.0. The number of hydrogen-bond donors (Lipinski definition) is 0. The molecule has 3 aromatic rings. The van der Waals surface area contributed by atoms with Gasteiger partial charge in [-0.3, -0.25) is 4.79 Å². The lowest BCUT2D eigenvalue weighted by atomic mass is 9.89. The smallest absolute Gasteiger partial charge is 0.196 e. The first-order chi connectivity index (χ1) is 14.0. The van der Waals surface area contributed by atoms with Gasteiger partial charge in [-0.25, -0.2) is 0 Å². The van der Waals surface area contributed by atoms with Crippen LogP contribution >= 0.6 is 11.6 Å². The Balaban J connectivity index is 1.79. The van der Waals surface area contributed by atoms with Crippen molar-refractivity contribution in [1.29, 1.82) is 0 Å². The maximum Gasteiger partial charge on any atom is 0.196 e. The molecule has 4 rings (SSSR count). The monoisotopic (exact) mass is 404 g/mol. The van der Waals surface area contributed by atoms with Crippen molar-refractivity contribution in [1.82, 2.24) is 0 Å². The summed E-state index contributed by atoms with van der Waals surface area (Å²) in [6, 6.07) is 20.8. The number of rotatable bonds is 4. The highest BCUT2D eigenvalue weighted by molar-refractivity contribution is 6.30. The van der Waals surface area contributed by atoms with Crippen LogP contribution in [0.2, 0.25) is 5.02 Å². The minimum atomic E-state index is -0.499. The Morgan fingerprint density at radius 2 is 1.76 bits per heavy atom. The average molecular weight is 405 g/mol. The number of Topliss-reactive ketones (excluding diaryl/α,β-unsaturated/α-hetero) is 1. The van der Waals surface area contributed by atoms with Gasteiger partial charge in [0.25, 0.3) is 0 Å². The highest BCUT2D eigenvalue weighted by Crippen LogP contribution is 2.40. The molecular weight excluding hydrogens is 384 g/mol. The van der Waals surface area contributed by atoms with Gasteiger partial charge in [0.15, 0.2) is 11.9 Å². The molecule has 1 aliphatic rings. The lowest BCUT2D eigenvalue weighted by molar-refractivity contribution is 0.0963. The third kappa shape index (κ3) is 4.06. The molecule has 29 heavy (non-hydrogen) atoms. The van der Waals surface area contributed by atoms with Crippen LogP contribution in [0.4, 0.5) is 0 Å². The molecule has 1 atom stereocenters. The van der Waals surface area contributed by atoms with Crippen LogP contribution in [0.1, 0.15) is 40.1 Å². The van der Waals surface area contributed by atoms with Gasteiger partial charge >= 0.3 is 0 Å². The zero-order valence-electron chi connectivity index (χ0n) is 16.3. The Bertz CT molecular complexity index is 1070. The number of halogens is 1. The summed E-state index contributed by atoms with van der Waals surface area (Å²) in [5.74, 6) is 1.38. The minimum absolute atomic E-state index is 0.0277. The Morgan fingerprint density at radius 1 is 1.03 bits per heavy atom. The van der Waals surface area contributed by atoms with Crippen molar-refractivity contribution in [3.8, 4) is 11.5 Å². The molecule has 0 bridgehead atoms. The number of carbonyl (C=O) groups excluding carboxylic acids is 1. The van der Waals surface area contributed by atoms with Gasteiger partial charge in [-0.15, -0.1) is 0 Å². The third-order valence-electron chi connectivity index (χ3n) is 4.86. The largest absolute Gasteiger partial charge is 0.494 e. The third-order valence-corrected chi connectivity index (χ3v) is 5.11. The number of ketones is 1. The van der Waals surface area contributed by atoms with E-state index in [1.807, 2.05) is 86.7 Å². The summed E-state index contributed by atoms with van der Waals surface area (Å²) in [7, 11) is 0. The molecule has 4 heteroatoms. The molecule has 0 spiro atoms. The highest BCUT2D eigenvalue weighted by Gasteiger charge is 2.33. The van der Waals surface area contributed by atoms with E-state index in [-0.39, 0.29) is 5.78 Å². The molecule has 0 N–H and O–H groups in total. The van der Waals surface area contributed by atoms with Crippen molar-refractivity contribution in [2.24, 2.45) is 0 Å². The van der Waals surface area contributed by atoms with Crippen LogP contribution in [0.5, 0.6) is 11.5 Å². The molecule has 146 valence electrons. The summed E-state index contributed by atoms with van der Waals surface area (Å²) in [6.45, 7) is 4.54. The van der Waals surface area contributed by atoms with E-state index in [2.05, 4.69) is 0 Å². The maximum atomic E-state index is 13.4. The molecule has 0 fully saturated rings. The zero-order valence-corrected chi connectivity index (χ0v) is 17.1. The summed E-state index contributed by atoms with van der Waals surface area (Å²) in [5.41, 5.74) is 4.01. The molecular formula is C25H21ClO3. The lowest BCUT2D eigenvalue weighted by Crippen LogP contribution is -2.23. The summed E-state index contributed by atoms with van der Waals surface area (Å²) >= 11 is 6.05. The van der Waals surface area contributed by atoms with E-state index < -0.39 is 6.10 Å². The Labute approximate surface area is 175 Å². The summed E-state index contributed by atoms with van der Waals surface area (Å²) in [4.78, 5) is 13.4. The molecule has 3 aromatic carbocycles. The van der Waals surface area contributed by atoms with Crippen LogP contribution in [0.25, 0.3) is 6.08 Å². The topological polar surface area (TPSA) is 35.5 Å². The average Bonchev–Trinajstić information content (AvgIpc) is 2.72. The fourth-order valence-corrected chi connectivity index (χ4v) is 3.54. The first kappa shape index (κ1) is 19.3. The molecule has 3 nitrogen and oxygen atoms in total. The predicted molar refractivity (Wildman–Crippen MR) is 116 cm³/mol. The van der Waals surface area contributed by atoms with E-state index in [1.54, 1.807) is 0 Å². The Morgan fingerprint density at radius 3 is 2.45 bits per heavy atom. The van der Waals surface area contributed by atoms with Crippen LogP contribution < -0.4 is 9.47 Å². The first-order valence-electron chi connectivity index (χ1n) is 9.57. The van der Waals surface area contributed by atoms with E-state index in [0.717, 1.165) is 22.4 Å². The minimum Gasteiger partial charge on any atom is -0.494 e. The van der Waals surface area contributed by atoms with Gasteiger partial charge in [0.2, 0.25) is 0 Å². The summed E-state index contributed by atoms with van der Waals surface area (Å²) in [5, 5.41) is 0.643. The molecule has 0 aromatic heterocycles. The van der Waals surface area contributed by atoms with Crippen molar-refractivity contribution in [2.75, 3.05) is 6.61 Å².